The van der Waals surface area contributed by atoms with Crippen LogP contribution in [0.1, 0.15) is 20.7 Å². The number of methoxy groups -OCH3 is 2. The molecule has 0 aromatic heterocycles. The number of hydrogen-bond acceptors (Lipinski definition) is 8. The second kappa shape index (κ2) is 10.7. The zero-order valence-electron chi connectivity index (χ0n) is 20.4. The number of hydrogen-bond donors (Lipinski definition) is 2. The molecule has 0 amide bonds. The van der Waals surface area contributed by atoms with Crippen molar-refractivity contribution in [3.05, 3.63) is 83.9 Å². The molecular weight excluding hydrogens is 460 g/mol. The molecular formula is C28H26N2O6. The first kappa shape index (κ1) is 24.4. The average Bonchev–Trinajstić information content (AvgIpc) is 2.92. The lowest BCUT2D eigenvalue weighted by Gasteiger charge is -2.11. The first-order valence-corrected chi connectivity index (χ1v) is 11.2. The minimum atomic E-state index is -0.499. The van der Waals surface area contributed by atoms with Crippen LogP contribution in [0.2, 0.25) is 0 Å². The Hall–Kier alpha value is -4.72. The third kappa shape index (κ3) is 5.17. The zero-order valence-corrected chi connectivity index (χ0v) is 20.4. The van der Waals surface area contributed by atoms with E-state index in [4.69, 9.17) is 18.9 Å². The number of rotatable bonds is 8. The van der Waals surface area contributed by atoms with Crippen molar-refractivity contribution in [3.8, 4) is 23.0 Å². The van der Waals surface area contributed by atoms with Crippen LogP contribution in [-0.2, 0) is 0 Å². The zero-order chi connectivity index (χ0) is 25.7. The highest BCUT2D eigenvalue weighted by atomic mass is 16.5. The Kier molecular flexibility index (Phi) is 7.25. The summed E-state index contributed by atoms with van der Waals surface area (Å²) in [4.78, 5) is 25.3. The van der Waals surface area contributed by atoms with Crippen LogP contribution < -0.4 is 29.6 Å². The van der Waals surface area contributed by atoms with Gasteiger partial charge in [-0.25, -0.2) is 9.59 Å². The molecule has 0 fully saturated rings. The van der Waals surface area contributed by atoms with E-state index in [-0.39, 0.29) is 0 Å². The van der Waals surface area contributed by atoms with Gasteiger partial charge < -0.3 is 29.6 Å². The Morgan fingerprint density at radius 2 is 1.00 bits per heavy atom. The maximum atomic E-state index is 12.6. The Bertz CT molecular complexity index is 1320. The minimum Gasteiger partial charge on any atom is -0.495 e. The van der Waals surface area contributed by atoms with Crippen LogP contribution in [0.4, 0.5) is 11.4 Å². The summed E-state index contributed by atoms with van der Waals surface area (Å²) in [7, 11) is 6.62. The molecule has 0 radical (unpaired) electrons. The Morgan fingerprint density at radius 1 is 0.583 bits per heavy atom. The molecule has 0 atom stereocenters. The first-order valence-electron chi connectivity index (χ1n) is 11.2. The topological polar surface area (TPSA) is 95.1 Å². The predicted molar refractivity (Wildman–Crippen MR) is 139 cm³/mol. The van der Waals surface area contributed by atoms with E-state index in [9.17, 15) is 9.59 Å². The molecule has 2 N–H and O–H groups in total. The molecule has 0 aliphatic rings. The monoisotopic (exact) mass is 486 g/mol. The van der Waals surface area contributed by atoms with Crippen LogP contribution in [0.3, 0.4) is 0 Å². The summed E-state index contributed by atoms with van der Waals surface area (Å²) in [5.74, 6) is 0.880. The molecule has 0 saturated carbocycles. The van der Waals surface area contributed by atoms with Gasteiger partial charge in [-0.3, -0.25) is 0 Å². The molecule has 4 rings (SSSR count). The molecule has 8 nitrogen and oxygen atoms in total. The SMILES string of the molecule is CNc1ccc(C(=O)Oc2ccc3cc(OC(=O)c4ccc(NC)c(OC)c4)ccc3c2)cc1OC. The van der Waals surface area contributed by atoms with Crippen LogP contribution in [-0.4, -0.2) is 40.3 Å². The van der Waals surface area contributed by atoms with E-state index in [1.165, 1.54) is 14.2 Å². The van der Waals surface area contributed by atoms with Crippen LogP contribution in [0.15, 0.2) is 72.8 Å². The number of ether oxygens (including phenoxy) is 4. The van der Waals surface area contributed by atoms with E-state index in [1.54, 1.807) is 86.9 Å². The summed E-state index contributed by atoms with van der Waals surface area (Å²) in [6, 6.07) is 20.6. The first-order chi connectivity index (χ1) is 17.4. The van der Waals surface area contributed by atoms with E-state index in [0.717, 1.165) is 22.1 Å². The highest BCUT2D eigenvalue weighted by Crippen LogP contribution is 2.29. The molecule has 0 saturated heterocycles. The molecule has 36 heavy (non-hydrogen) atoms. The Balaban J connectivity index is 1.49. The second-order valence-electron chi connectivity index (χ2n) is 7.78. The summed E-state index contributed by atoms with van der Waals surface area (Å²) < 4.78 is 21.7. The van der Waals surface area contributed by atoms with E-state index in [2.05, 4.69) is 10.6 Å². The lowest BCUT2D eigenvalue weighted by molar-refractivity contribution is 0.0724. The van der Waals surface area contributed by atoms with Crippen molar-refractivity contribution in [3.63, 3.8) is 0 Å². The van der Waals surface area contributed by atoms with Gasteiger partial charge in [0.15, 0.2) is 0 Å². The third-order valence-electron chi connectivity index (χ3n) is 5.62. The van der Waals surface area contributed by atoms with Crippen molar-refractivity contribution in [2.45, 2.75) is 0 Å². The molecule has 0 unspecified atom stereocenters. The molecule has 0 aliphatic carbocycles. The van der Waals surface area contributed by atoms with Gasteiger partial charge in [0.1, 0.15) is 23.0 Å². The number of nitrogens with one attached hydrogen (secondary N) is 2. The smallest absolute Gasteiger partial charge is 0.343 e. The van der Waals surface area contributed by atoms with Crippen molar-refractivity contribution < 1.29 is 28.5 Å². The summed E-state index contributed by atoms with van der Waals surface area (Å²) in [6.45, 7) is 0. The Labute approximate surface area is 208 Å². The van der Waals surface area contributed by atoms with Crippen molar-refractivity contribution in [1.29, 1.82) is 0 Å². The van der Waals surface area contributed by atoms with Gasteiger partial charge in [-0.15, -0.1) is 0 Å². The second-order valence-corrected chi connectivity index (χ2v) is 7.78. The van der Waals surface area contributed by atoms with Gasteiger partial charge >= 0.3 is 11.9 Å². The minimum absolute atomic E-state index is 0.368. The molecule has 0 heterocycles. The third-order valence-corrected chi connectivity index (χ3v) is 5.62. The number of carbonyl (C=O) groups is 2. The highest BCUT2D eigenvalue weighted by Gasteiger charge is 2.14. The molecule has 4 aromatic rings. The number of fused-ring (bicyclic) bond motifs is 1. The number of anilines is 2. The predicted octanol–water partition coefficient (Wildman–Crippen LogP) is 5.38. The van der Waals surface area contributed by atoms with Crippen LogP contribution >= 0.6 is 0 Å². The van der Waals surface area contributed by atoms with E-state index < -0.39 is 11.9 Å². The van der Waals surface area contributed by atoms with Crippen molar-refractivity contribution >= 4 is 34.1 Å². The van der Waals surface area contributed by atoms with E-state index >= 15 is 0 Å². The summed E-state index contributed by atoms with van der Waals surface area (Å²) in [5, 5.41) is 7.65. The summed E-state index contributed by atoms with van der Waals surface area (Å²) in [6.07, 6.45) is 0. The van der Waals surface area contributed by atoms with Gasteiger partial charge in [0.2, 0.25) is 0 Å². The van der Waals surface area contributed by atoms with Gasteiger partial charge in [-0.1, -0.05) is 12.1 Å². The van der Waals surface area contributed by atoms with Gasteiger partial charge in [0.25, 0.3) is 0 Å². The van der Waals surface area contributed by atoms with Gasteiger partial charge in [-0.2, -0.15) is 0 Å². The lowest BCUT2D eigenvalue weighted by atomic mass is 10.1. The fraction of sp³-hybridized carbons (Fsp3) is 0.143. The fourth-order valence-electron chi connectivity index (χ4n) is 3.71. The van der Waals surface area contributed by atoms with Crippen molar-refractivity contribution in [2.24, 2.45) is 0 Å². The normalized spacial score (nSPS) is 10.4. The number of esters is 2. The molecule has 0 aliphatic heterocycles. The average molecular weight is 487 g/mol. The van der Waals surface area contributed by atoms with Gasteiger partial charge in [0, 0.05) is 14.1 Å². The number of benzene rings is 4. The maximum Gasteiger partial charge on any atom is 0.343 e. The van der Waals surface area contributed by atoms with Gasteiger partial charge in [0.05, 0.1) is 36.7 Å². The standard InChI is InChI=1S/C28H26N2O6/c1-29-23-11-7-19(15-25(23)33-3)27(31)35-21-9-5-18-14-22(10-6-17(18)13-21)36-28(32)20-8-12-24(30-2)26(16-20)34-4/h5-16,29-30H,1-4H3. The van der Waals surface area contributed by atoms with E-state index in [0.29, 0.717) is 34.1 Å². The Morgan fingerprint density at radius 3 is 1.36 bits per heavy atom. The number of carbonyl (C=O) groups excluding carboxylic acids is 2. The van der Waals surface area contributed by atoms with E-state index in [1.807, 2.05) is 0 Å². The summed E-state index contributed by atoms with van der Waals surface area (Å²) >= 11 is 0. The van der Waals surface area contributed by atoms with Crippen molar-refractivity contribution in [1.82, 2.24) is 0 Å². The summed E-state index contributed by atoms with van der Waals surface area (Å²) in [5.41, 5.74) is 2.27. The maximum absolute atomic E-state index is 12.6. The highest BCUT2D eigenvalue weighted by molar-refractivity contribution is 5.95. The molecule has 8 heteroatoms. The van der Waals surface area contributed by atoms with Crippen molar-refractivity contribution in [2.75, 3.05) is 38.9 Å². The van der Waals surface area contributed by atoms with Crippen LogP contribution in [0.5, 0.6) is 23.0 Å². The molecule has 0 spiro atoms. The van der Waals surface area contributed by atoms with Gasteiger partial charge in [-0.05, 0) is 71.4 Å². The fourth-order valence-corrected chi connectivity index (χ4v) is 3.71. The van der Waals surface area contributed by atoms with Crippen LogP contribution in [0, 0.1) is 0 Å². The molecule has 184 valence electrons. The molecule has 4 aromatic carbocycles. The molecule has 0 bridgehead atoms. The quantitative estimate of drug-likeness (QED) is 0.253. The van der Waals surface area contributed by atoms with Crippen LogP contribution in [0.25, 0.3) is 10.8 Å². The lowest BCUT2D eigenvalue weighted by Crippen LogP contribution is -2.09. The largest absolute Gasteiger partial charge is 0.495 e.